The molecule has 0 spiro atoms. The van der Waals surface area contributed by atoms with Crippen molar-refractivity contribution in [3.63, 3.8) is 0 Å². The number of hydrogen-bond donors (Lipinski definition) is 0. The van der Waals surface area contributed by atoms with Gasteiger partial charge in [-0.1, -0.05) is 78.9 Å². The number of hydrogen-bond acceptors (Lipinski definition) is 3. The van der Waals surface area contributed by atoms with Crippen LogP contribution < -0.4 is 0 Å². The molecule has 210 valence electrons. The van der Waals surface area contributed by atoms with Crippen LogP contribution in [0.15, 0.2) is 138 Å². The van der Waals surface area contributed by atoms with Crippen LogP contribution in [-0.4, -0.2) is 14.5 Å². The summed E-state index contributed by atoms with van der Waals surface area (Å²) in [5.41, 5.74) is 7.62. The topological polar surface area (TPSA) is 30.7 Å². The third-order valence-corrected chi connectivity index (χ3v) is 10.7. The fourth-order valence-electron chi connectivity index (χ4n) is 7.09. The highest BCUT2D eigenvalue weighted by Crippen LogP contribution is 2.43. The highest BCUT2D eigenvalue weighted by molar-refractivity contribution is 9.10. The summed E-state index contributed by atoms with van der Waals surface area (Å²) in [5.74, 6) is 0. The zero-order chi connectivity index (χ0) is 29.6. The Morgan fingerprint density at radius 3 is 1.91 bits per heavy atom. The maximum atomic E-state index is 5.25. The zero-order valence-electron chi connectivity index (χ0n) is 23.8. The van der Waals surface area contributed by atoms with E-state index in [1.165, 1.54) is 42.0 Å². The second-order valence-corrected chi connectivity index (χ2v) is 13.4. The van der Waals surface area contributed by atoms with Crippen LogP contribution in [0.25, 0.3) is 91.5 Å². The number of fused-ring (bicyclic) bond motifs is 13. The average molecular weight is 657 g/mol. The minimum absolute atomic E-state index is 0.834. The van der Waals surface area contributed by atoms with Crippen molar-refractivity contribution in [1.29, 1.82) is 0 Å². The van der Waals surface area contributed by atoms with Gasteiger partial charge >= 0.3 is 0 Å². The Hall–Kier alpha value is -5.10. The van der Waals surface area contributed by atoms with Crippen LogP contribution >= 0.6 is 27.3 Å². The molecular formula is C40H22BrN3S. The van der Waals surface area contributed by atoms with E-state index in [1.54, 1.807) is 0 Å². The Balaban J connectivity index is 1.15. The van der Waals surface area contributed by atoms with Gasteiger partial charge in [-0.2, -0.15) is 0 Å². The summed E-state index contributed by atoms with van der Waals surface area (Å²) in [7, 11) is 0. The van der Waals surface area contributed by atoms with Crippen LogP contribution in [-0.2, 0) is 0 Å². The standard InChI is InChI=1S/C40H22BrN3S/c41-36-22-19-29-28-17-20-32(42-38(28)26-8-1-2-9-27(26)39(29)43-36)23-13-15-24(16-14-23)44-33-11-5-3-10-31(33)37-34(44)21-18-30-25-7-4-6-12-35(25)45-40(30)37/h1-22H. The second kappa shape index (κ2) is 9.45. The van der Waals surface area contributed by atoms with Crippen molar-refractivity contribution in [1.82, 2.24) is 14.5 Å². The molecule has 0 radical (unpaired) electrons. The normalized spacial score (nSPS) is 12.1. The van der Waals surface area contributed by atoms with Gasteiger partial charge in [0.15, 0.2) is 0 Å². The average Bonchev–Trinajstić information content (AvgIpc) is 3.64. The van der Waals surface area contributed by atoms with E-state index >= 15 is 0 Å². The van der Waals surface area contributed by atoms with Crippen molar-refractivity contribution in [3.05, 3.63) is 138 Å². The molecule has 0 aliphatic carbocycles. The summed E-state index contributed by atoms with van der Waals surface area (Å²) < 4.78 is 5.91. The predicted molar refractivity (Wildman–Crippen MR) is 195 cm³/mol. The maximum absolute atomic E-state index is 5.25. The third kappa shape index (κ3) is 3.62. The number of halogens is 1. The minimum Gasteiger partial charge on any atom is -0.309 e. The van der Waals surface area contributed by atoms with E-state index < -0.39 is 0 Å². The summed E-state index contributed by atoms with van der Waals surface area (Å²) in [6.07, 6.45) is 0. The van der Waals surface area contributed by atoms with Gasteiger partial charge in [0.25, 0.3) is 0 Å². The van der Waals surface area contributed by atoms with Crippen molar-refractivity contribution >= 4 is 102 Å². The molecule has 0 aliphatic rings. The highest BCUT2D eigenvalue weighted by atomic mass is 79.9. The molecular weight excluding hydrogens is 634 g/mol. The molecule has 0 aliphatic heterocycles. The molecule has 0 atom stereocenters. The van der Waals surface area contributed by atoms with Gasteiger partial charge in [0.1, 0.15) is 4.60 Å². The Labute approximate surface area is 270 Å². The van der Waals surface area contributed by atoms with Gasteiger partial charge in [0.2, 0.25) is 0 Å². The van der Waals surface area contributed by atoms with Crippen LogP contribution in [0, 0.1) is 0 Å². The molecule has 0 fully saturated rings. The first kappa shape index (κ1) is 25.2. The Bertz CT molecular complexity index is 2810. The molecule has 0 N–H and O–H groups in total. The molecule has 0 saturated carbocycles. The van der Waals surface area contributed by atoms with E-state index in [2.05, 4.69) is 148 Å². The molecule has 4 aromatic heterocycles. The molecule has 5 heteroatoms. The molecule has 0 saturated heterocycles. The molecule has 0 bridgehead atoms. The summed E-state index contributed by atoms with van der Waals surface area (Å²) in [6, 6.07) is 47.8. The van der Waals surface area contributed by atoms with Gasteiger partial charge < -0.3 is 4.57 Å². The van der Waals surface area contributed by atoms with E-state index in [1.807, 2.05) is 17.4 Å². The number of para-hydroxylation sites is 1. The summed E-state index contributed by atoms with van der Waals surface area (Å²) in [6.45, 7) is 0. The van der Waals surface area contributed by atoms with E-state index in [-0.39, 0.29) is 0 Å². The maximum Gasteiger partial charge on any atom is 0.106 e. The van der Waals surface area contributed by atoms with Gasteiger partial charge in [-0.05, 0) is 70.5 Å². The quantitative estimate of drug-likeness (QED) is 0.137. The van der Waals surface area contributed by atoms with E-state index in [4.69, 9.17) is 9.97 Å². The van der Waals surface area contributed by atoms with E-state index in [0.29, 0.717) is 0 Å². The first-order chi connectivity index (χ1) is 22.2. The molecule has 10 rings (SSSR count). The number of rotatable bonds is 2. The lowest BCUT2D eigenvalue weighted by atomic mass is 9.99. The summed E-state index contributed by atoms with van der Waals surface area (Å²) in [4.78, 5) is 10.1. The van der Waals surface area contributed by atoms with Crippen molar-refractivity contribution in [2.45, 2.75) is 0 Å². The summed E-state index contributed by atoms with van der Waals surface area (Å²) in [5, 5.41) is 9.71. The lowest BCUT2D eigenvalue weighted by molar-refractivity contribution is 1.18. The lowest BCUT2D eigenvalue weighted by Crippen LogP contribution is -1.94. The number of thiophene rings is 1. The first-order valence-corrected chi connectivity index (χ1v) is 16.6. The van der Waals surface area contributed by atoms with Gasteiger partial charge in [-0.3, -0.25) is 0 Å². The number of nitrogens with zero attached hydrogens (tertiary/aromatic N) is 3. The first-order valence-electron chi connectivity index (χ1n) is 14.9. The molecule has 45 heavy (non-hydrogen) atoms. The number of pyridine rings is 2. The fraction of sp³-hybridized carbons (Fsp3) is 0. The van der Waals surface area contributed by atoms with Gasteiger partial charge in [0.05, 0.1) is 27.8 Å². The van der Waals surface area contributed by atoms with Crippen molar-refractivity contribution in [3.8, 4) is 16.9 Å². The second-order valence-electron chi connectivity index (χ2n) is 11.5. The smallest absolute Gasteiger partial charge is 0.106 e. The molecule has 6 aromatic carbocycles. The third-order valence-electron chi connectivity index (χ3n) is 9.09. The number of aromatic nitrogens is 3. The predicted octanol–water partition coefficient (Wildman–Crippen LogP) is 11.8. The SMILES string of the molecule is Brc1ccc2c3ccc(-c4ccc(-n5c6ccccc6c6c7sc8ccccc8c7ccc65)cc4)nc3c3ccccc3c2n1. The van der Waals surface area contributed by atoms with E-state index in [9.17, 15) is 0 Å². The molecule has 4 heterocycles. The largest absolute Gasteiger partial charge is 0.309 e. The Morgan fingerprint density at radius 2 is 1.11 bits per heavy atom. The minimum atomic E-state index is 0.834. The summed E-state index contributed by atoms with van der Waals surface area (Å²) >= 11 is 5.45. The molecule has 0 unspecified atom stereocenters. The van der Waals surface area contributed by atoms with Crippen LogP contribution in [0.4, 0.5) is 0 Å². The lowest BCUT2D eigenvalue weighted by Gasteiger charge is -2.12. The monoisotopic (exact) mass is 655 g/mol. The van der Waals surface area contributed by atoms with Crippen LogP contribution in [0.1, 0.15) is 0 Å². The Kier molecular flexibility index (Phi) is 5.30. The van der Waals surface area contributed by atoms with Crippen molar-refractivity contribution in [2.24, 2.45) is 0 Å². The van der Waals surface area contributed by atoms with Gasteiger partial charge in [-0.25, -0.2) is 9.97 Å². The van der Waals surface area contributed by atoms with Crippen LogP contribution in [0.3, 0.4) is 0 Å². The van der Waals surface area contributed by atoms with E-state index in [0.717, 1.165) is 54.1 Å². The number of benzene rings is 6. The van der Waals surface area contributed by atoms with Crippen molar-refractivity contribution < 1.29 is 0 Å². The van der Waals surface area contributed by atoms with Crippen LogP contribution in [0.2, 0.25) is 0 Å². The van der Waals surface area contributed by atoms with Crippen molar-refractivity contribution in [2.75, 3.05) is 0 Å². The molecule has 10 aromatic rings. The fourth-order valence-corrected chi connectivity index (χ4v) is 8.66. The highest BCUT2D eigenvalue weighted by Gasteiger charge is 2.18. The van der Waals surface area contributed by atoms with Gasteiger partial charge in [0, 0.05) is 63.7 Å². The van der Waals surface area contributed by atoms with Gasteiger partial charge in [-0.15, -0.1) is 11.3 Å². The zero-order valence-corrected chi connectivity index (χ0v) is 26.2. The molecule has 0 amide bonds. The molecule has 3 nitrogen and oxygen atoms in total. The Morgan fingerprint density at radius 1 is 0.489 bits per heavy atom. The van der Waals surface area contributed by atoms with Crippen LogP contribution in [0.5, 0.6) is 0 Å².